The van der Waals surface area contributed by atoms with E-state index in [0.29, 0.717) is 0 Å². The van der Waals surface area contributed by atoms with Gasteiger partial charge in [-0.1, -0.05) is 43.9 Å². The molecule has 0 aromatic carbocycles. The molecule has 0 nitrogen and oxygen atoms in total. The van der Waals surface area contributed by atoms with Gasteiger partial charge in [0.1, 0.15) is 0 Å². The standard InChI is InChI=1S/C15H26/c1-3-5-7-9-15-12-10-14(11-13-15)8-6-4-2/h3-5,14-15H,2,6-13H2,1H3. The van der Waals surface area contributed by atoms with E-state index >= 15 is 0 Å². The quantitative estimate of drug-likeness (QED) is 0.529. The normalized spacial score (nSPS) is 27.0. The summed E-state index contributed by atoms with van der Waals surface area (Å²) in [7, 11) is 0. The first-order chi connectivity index (χ1) is 7.36. The summed E-state index contributed by atoms with van der Waals surface area (Å²) in [5, 5.41) is 0. The highest BCUT2D eigenvalue weighted by Gasteiger charge is 2.19. The predicted molar refractivity (Wildman–Crippen MR) is 68.9 cm³/mol. The molecular weight excluding hydrogens is 180 g/mol. The lowest BCUT2D eigenvalue weighted by Crippen LogP contribution is -2.14. The Bertz CT molecular complexity index is 182. The van der Waals surface area contributed by atoms with Crippen LogP contribution in [0.3, 0.4) is 0 Å². The number of rotatable bonds is 6. The fourth-order valence-corrected chi connectivity index (χ4v) is 2.66. The lowest BCUT2D eigenvalue weighted by molar-refractivity contribution is 0.255. The molecule has 1 aliphatic rings. The van der Waals surface area contributed by atoms with Crippen molar-refractivity contribution in [3.63, 3.8) is 0 Å². The van der Waals surface area contributed by atoms with E-state index in [0.717, 1.165) is 11.8 Å². The van der Waals surface area contributed by atoms with Gasteiger partial charge in [-0.3, -0.25) is 0 Å². The molecule has 0 atom stereocenters. The Balaban J connectivity index is 2.09. The van der Waals surface area contributed by atoms with Crippen molar-refractivity contribution in [2.45, 2.75) is 58.3 Å². The molecule has 0 heteroatoms. The number of hydrogen-bond acceptors (Lipinski definition) is 0. The average molecular weight is 206 g/mol. The zero-order valence-corrected chi connectivity index (χ0v) is 10.3. The molecule has 0 heterocycles. The lowest BCUT2D eigenvalue weighted by atomic mass is 9.78. The maximum Gasteiger partial charge on any atom is -0.0348 e. The van der Waals surface area contributed by atoms with Crippen LogP contribution in [-0.2, 0) is 0 Å². The van der Waals surface area contributed by atoms with Gasteiger partial charge < -0.3 is 0 Å². The maximum absolute atomic E-state index is 3.80. The molecule has 1 fully saturated rings. The van der Waals surface area contributed by atoms with Gasteiger partial charge in [-0.2, -0.15) is 0 Å². The Kier molecular flexibility index (Phi) is 6.47. The third-order valence-electron chi connectivity index (χ3n) is 3.72. The van der Waals surface area contributed by atoms with E-state index in [1.165, 1.54) is 51.4 Å². The van der Waals surface area contributed by atoms with Crippen LogP contribution in [0.1, 0.15) is 58.3 Å². The second-order valence-corrected chi connectivity index (χ2v) is 4.90. The van der Waals surface area contributed by atoms with Crippen LogP contribution in [0.5, 0.6) is 0 Å². The van der Waals surface area contributed by atoms with Crippen molar-refractivity contribution in [1.29, 1.82) is 0 Å². The van der Waals surface area contributed by atoms with Crippen molar-refractivity contribution in [3.8, 4) is 0 Å². The molecule has 0 spiro atoms. The van der Waals surface area contributed by atoms with Crippen molar-refractivity contribution >= 4 is 0 Å². The summed E-state index contributed by atoms with van der Waals surface area (Å²) in [6, 6.07) is 0. The summed E-state index contributed by atoms with van der Waals surface area (Å²) >= 11 is 0. The summed E-state index contributed by atoms with van der Waals surface area (Å²) in [4.78, 5) is 0. The molecule has 86 valence electrons. The first-order valence-corrected chi connectivity index (χ1v) is 6.58. The molecule has 0 radical (unpaired) electrons. The van der Waals surface area contributed by atoms with Gasteiger partial charge in [0.2, 0.25) is 0 Å². The summed E-state index contributed by atoms with van der Waals surface area (Å²) in [5.41, 5.74) is 0. The molecule has 1 rings (SSSR count). The molecule has 15 heavy (non-hydrogen) atoms. The van der Waals surface area contributed by atoms with E-state index in [1.807, 2.05) is 0 Å². The second-order valence-electron chi connectivity index (χ2n) is 4.90. The van der Waals surface area contributed by atoms with Crippen molar-refractivity contribution in [1.82, 2.24) is 0 Å². The van der Waals surface area contributed by atoms with Gasteiger partial charge in [0.25, 0.3) is 0 Å². The minimum atomic E-state index is 1.00. The molecule has 1 aliphatic carbocycles. The van der Waals surface area contributed by atoms with Crippen LogP contribution in [0, 0.1) is 11.8 Å². The second kappa shape index (κ2) is 7.73. The van der Waals surface area contributed by atoms with Crippen molar-refractivity contribution in [3.05, 3.63) is 24.8 Å². The highest BCUT2D eigenvalue weighted by Crippen LogP contribution is 2.33. The molecule has 0 unspecified atom stereocenters. The fourth-order valence-electron chi connectivity index (χ4n) is 2.66. The van der Waals surface area contributed by atoms with Gasteiger partial charge in [0.15, 0.2) is 0 Å². The van der Waals surface area contributed by atoms with Crippen molar-refractivity contribution in [2.75, 3.05) is 0 Å². The van der Waals surface area contributed by atoms with Gasteiger partial charge in [0, 0.05) is 0 Å². The van der Waals surface area contributed by atoms with E-state index in [9.17, 15) is 0 Å². The molecule has 1 saturated carbocycles. The van der Waals surface area contributed by atoms with E-state index in [2.05, 4.69) is 31.7 Å². The highest BCUT2D eigenvalue weighted by molar-refractivity contribution is 4.80. The Morgan fingerprint density at radius 1 is 1.00 bits per heavy atom. The Morgan fingerprint density at radius 2 is 1.53 bits per heavy atom. The highest BCUT2D eigenvalue weighted by atomic mass is 14.2. The van der Waals surface area contributed by atoms with Crippen LogP contribution in [0.4, 0.5) is 0 Å². The molecule has 0 aromatic rings. The van der Waals surface area contributed by atoms with Crippen LogP contribution in [-0.4, -0.2) is 0 Å². The molecular formula is C15H26. The zero-order chi connectivity index (χ0) is 10.9. The zero-order valence-electron chi connectivity index (χ0n) is 10.3. The monoisotopic (exact) mass is 206 g/mol. The molecule has 0 saturated heterocycles. The minimum Gasteiger partial charge on any atom is -0.103 e. The number of hydrogen-bond donors (Lipinski definition) is 0. The average Bonchev–Trinajstić information content (AvgIpc) is 2.28. The Labute approximate surface area is 95.5 Å². The van der Waals surface area contributed by atoms with Crippen LogP contribution >= 0.6 is 0 Å². The van der Waals surface area contributed by atoms with Gasteiger partial charge in [-0.05, 0) is 44.4 Å². The van der Waals surface area contributed by atoms with Gasteiger partial charge in [-0.25, -0.2) is 0 Å². The third kappa shape index (κ3) is 5.20. The fraction of sp³-hybridized carbons (Fsp3) is 0.733. The summed E-state index contributed by atoms with van der Waals surface area (Å²) < 4.78 is 0. The molecule has 0 N–H and O–H groups in total. The van der Waals surface area contributed by atoms with E-state index < -0.39 is 0 Å². The topological polar surface area (TPSA) is 0 Å². The SMILES string of the molecule is C=CCCC1CCC(CCC=CC)CC1. The number of allylic oxidation sites excluding steroid dienone is 3. The first-order valence-electron chi connectivity index (χ1n) is 6.58. The van der Waals surface area contributed by atoms with Crippen LogP contribution in [0.25, 0.3) is 0 Å². The van der Waals surface area contributed by atoms with E-state index in [1.54, 1.807) is 0 Å². The smallest absolute Gasteiger partial charge is 0.0348 e. The van der Waals surface area contributed by atoms with E-state index in [4.69, 9.17) is 0 Å². The third-order valence-corrected chi connectivity index (χ3v) is 3.72. The molecule has 0 amide bonds. The summed E-state index contributed by atoms with van der Waals surface area (Å²) in [6.07, 6.45) is 17.7. The van der Waals surface area contributed by atoms with Gasteiger partial charge in [0.05, 0.1) is 0 Å². The van der Waals surface area contributed by atoms with Crippen LogP contribution in [0.15, 0.2) is 24.8 Å². The summed E-state index contributed by atoms with van der Waals surface area (Å²) in [6.45, 7) is 5.92. The van der Waals surface area contributed by atoms with Crippen molar-refractivity contribution in [2.24, 2.45) is 11.8 Å². The first kappa shape index (κ1) is 12.5. The Hall–Kier alpha value is -0.520. The van der Waals surface area contributed by atoms with E-state index in [-0.39, 0.29) is 0 Å². The van der Waals surface area contributed by atoms with Gasteiger partial charge >= 0.3 is 0 Å². The van der Waals surface area contributed by atoms with Crippen LogP contribution < -0.4 is 0 Å². The maximum atomic E-state index is 3.80. The van der Waals surface area contributed by atoms with Gasteiger partial charge in [-0.15, -0.1) is 6.58 Å². The molecule has 0 aliphatic heterocycles. The minimum absolute atomic E-state index is 1.00. The predicted octanol–water partition coefficient (Wildman–Crippen LogP) is 5.12. The largest absolute Gasteiger partial charge is 0.103 e. The Morgan fingerprint density at radius 3 is 2.00 bits per heavy atom. The van der Waals surface area contributed by atoms with Crippen molar-refractivity contribution < 1.29 is 0 Å². The lowest BCUT2D eigenvalue weighted by Gasteiger charge is -2.28. The van der Waals surface area contributed by atoms with Crippen LogP contribution in [0.2, 0.25) is 0 Å². The molecule has 0 aromatic heterocycles. The molecule has 0 bridgehead atoms. The summed E-state index contributed by atoms with van der Waals surface area (Å²) in [5.74, 6) is 2.02.